The summed E-state index contributed by atoms with van der Waals surface area (Å²) in [5.74, 6) is -0.0853. The highest BCUT2D eigenvalue weighted by atomic mass is 35.5. The molecule has 0 aromatic heterocycles. The molecule has 1 heterocycles. The monoisotopic (exact) mass is 365 g/mol. The van der Waals surface area contributed by atoms with Crippen molar-refractivity contribution in [1.29, 1.82) is 0 Å². The molecule has 3 amide bonds. The van der Waals surface area contributed by atoms with Gasteiger partial charge in [-0.1, -0.05) is 31.4 Å². The standard InChI is InChI=1S/C18H24ClN3O3/c1-2-17(23)20-12-7-8-13(19)14(11-12)21-18(24)22-9-10-25-16-6-4-3-5-15(16)22/h7-8,11,15-16H,2-6,9-10H2,1H3,(H,20,23)(H,21,24)/t15-,16+/m0/s1. The molecule has 7 heteroatoms. The van der Waals surface area contributed by atoms with Crippen molar-refractivity contribution in [1.82, 2.24) is 4.90 Å². The van der Waals surface area contributed by atoms with E-state index in [0.29, 0.717) is 36.0 Å². The summed E-state index contributed by atoms with van der Waals surface area (Å²) in [4.78, 5) is 26.2. The fraction of sp³-hybridized carbons (Fsp3) is 0.556. The van der Waals surface area contributed by atoms with Crippen LogP contribution in [0.4, 0.5) is 16.2 Å². The van der Waals surface area contributed by atoms with Crippen molar-refractivity contribution in [2.75, 3.05) is 23.8 Å². The first kappa shape index (κ1) is 18.0. The van der Waals surface area contributed by atoms with E-state index in [1.165, 1.54) is 0 Å². The number of halogens is 1. The quantitative estimate of drug-likeness (QED) is 0.854. The Morgan fingerprint density at radius 1 is 1.28 bits per heavy atom. The molecule has 6 nitrogen and oxygen atoms in total. The number of anilines is 2. The maximum Gasteiger partial charge on any atom is 0.322 e. The van der Waals surface area contributed by atoms with Gasteiger partial charge in [0, 0.05) is 18.7 Å². The summed E-state index contributed by atoms with van der Waals surface area (Å²) in [5.41, 5.74) is 1.11. The average Bonchev–Trinajstić information content (AvgIpc) is 2.63. The number of morpholine rings is 1. The Hall–Kier alpha value is -1.79. The van der Waals surface area contributed by atoms with E-state index >= 15 is 0 Å². The first-order valence-corrected chi connectivity index (χ1v) is 9.25. The van der Waals surface area contributed by atoms with E-state index in [1.807, 2.05) is 4.90 Å². The molecule has 0 bridgehead atoms. The summed E-state index contributed by atoms with van der Waals surface area (Å²) in [5, 5.41) is 6.11. The molecule has 2 fully saturated rings. The SMILES string of the molecule is CCC(=O)Nc1ccc(Cl)c(NC(=O)N2CCO[C@@H]3CCCC[C@@H]32)c1. The minimum Gasteiger partial charge on any atom is -0.374 e. The lowest BCUT2D eigenvalue weighted by atomic mass is 9.90. The van der Waals surface area contributed by atoms with E-state index in [9.17, 15) is 9.59 Å². The minimum absolute atomic E-state index is 0.0853. The van der Waals surface area contributed by atoms with Crippen molar-refractivity contribution in [3.8, 4) is 0 Å². The highest BCUT2D eigenvalue weighted by molar-refractivity contribution is 6.33. The summed E-state index contributed by atoms with van der Waals surface area (Å²) < 4.78 is 5.82. The molecular formula is C18H24ClN3O3. The largest absolute Gasteiger partial charge is 0.374 e. The number of rotatable bonds is 3. The molecular weight excluding hydrogens is 342 g/mol. The average molecular weight is 366 g/mol. The zero-order chi connectivity index (χ0) is 17.8. The van der Waals surface area contributed by atoms with E-state index in [4.69, 9.17) is 16.3 Å². The molecule has 3 rings (SSSR count). The van der Waals surface area contributed by atoms with Gasteiger partial charge in [0.1, 0.15) is 0 Å². The summed E-state index contributed by atoms with van der Waals surface area (Å²) in [6.45, 7) is 2.93. The number of urea groups is 1. The first-order chi connectivity index (χ1) is 12.1. The number of ether oxygens (including phenoxy) is 1. The van der Waals surface area contributed by atoms with Crippen LogP contribution < -0.4 is 10.6 Å². The topological polar surface area (TPSA) is 70.7 Å². The molecule has 2 aliphatic rings. The van der Waals surface area contributed by atoms with Crippen LogP contribution in [-0.4, -0.2) is 42.1 Å². The second-order valence-electron chi connectivity index (χ2n) is 6.48. The Bertz CT molecular complexity index is 650. The van der Waals surface area contributed by atoms with Crippen molar-refractivity contribution < 1.29 is 14.3 Å². The third kappa shape index (κ3) is 4.25. The highest BCUT2D eigenvalue weighted by Gasteiger charge is 2.36. The number of hydrogen-bond acceptors (Lipinski definition) is 3. The van der Waals surface area contributed by atoms with Crippen molar-refractivity contribution in [3.63, 3.8) is 0 Å². The molecule has 2 atom stereocenters. The molecule has 1 aromatic carbocycles. The number of amides is 3. The fourth-order valence-electron chi connectivity index (χ4n) is 3.48. The molecule has 25 heavy (non-hydrogen) atoms. The van der Waals surface area contributed by atoms with Crippen LogP contribution in [-0.2, 0) is 9.53 Å². The third-order valence-corrected chi connectivity index (χ3v) is 5.14. The zero-order valence-electron chi connectivity index (χ0n) is 14.4. The first-order valence-electron chi connectivity index (χ1n) is 8.87. The van der Waals surface area contributed by atoms with Gasteiger partial charge in [-0.2, -0.15) is 0 Å². The molecule has 1 aliphatic carbocycles. The predicted octanol–water partition coefficient (Wildman–Crippen LogP) is 3.86. The van der Waals surface area contributed by atoms with Gasteiger partial charge >= 0.3 is 6.03 Å². The number of benzene rings is 1. The summed E-state index contributed by atoms with van der Waals surface area (Å²) in [6.07, 6.45) is 4.78. The van der Waals surface area contributed by atoms with E-state index in [2.05, 4.69) is 10.6 Å². The minimum atomic E-state index is -0.166. The van der Waals surface area contributed by atoms with E-state index in [-0.39, 0.29) is 24.1 Å². The lowest BCUT2D eigenvalue weighted by Gasteiger charge is -2.43. The number of fused-ring (bicyclic) bond motifs is 1. The van der Waals surface area contributed by atoms with Crippen molar-refractivity contribution in [2.45, 2.75) is 51.2 Å². The summed E-state index contributed by atoms with van der Waals surface area (Å²) in [6, 6.07) is 5.04. The van der Waals surface area contributed by atoms with Gasteiger partial charge in [-0.15, -0.1) is 0 Å². The second kappa shape index (κ2) is 8.06. The molecule has 1 aromatic rings. The maximum absolute atomic E-state index is 12.8. The van der Waals surface area contributed by atoms with Gasteiger partial charge in [0.2, 0.25) is 5.91 Å². The molecule has 136 valence electrons. The Morgan fingerprint density at radius 3 is 2.88 bits per heavy atom. The molecule has 0 spiro atoms. The Balaban J connectivity index is 1.71. The normalized spacial score (nSPS) is 22.9. The van der Waals surface area contributed by atoms with Gasteiger partial charge in [-0.3, -0.25) is 4.79 Å². The number of hydrogen-bond donors (Lipinski definition) is 2. The molecule has 1 aliphatic heterocycles. The fourth-order valence-corrected chi connectivity index (χ4v) is 3.65. The maximum atomic E-state index is 12.8. The van der Waals surface area contributed by atoms with Crippen LogP contribution in [0.25, 0.3) is 0 Å². The van der Waals surface area contributed by atoms with Gasteiger partial charge in [0.15, 0.2) is 0 Å². The molecule has 1 saturated carbocycles. The predicted molar refractivity (Wildman–Crippen MR) is 98.1 cm³/mol. The van der Waals surface area contributed by atoms with Crippen LogP contribution >= 0.6 is 11.6 Å². The van der Waals surface area contributed by atoms with E-state index in [0.717, 1.165) is 25.7 Å². The second-order valence-corrected chi connectivity index (χ2v) is 6.89. The van der Waals surface area contributed by atoms with E-state index in [1.54, 1.807) is 25.1 Å². The van der Waals surface area contributed by atoms with Crippen LogP contribution in [0.3, 0.4) is 0 Å². The van der Waals surface area contributed by atoms with Crippen LogP contribution in [0.2, 0.25) is 5.02 Å². The van der Waals surface area contributed by atoms with Crippen molar-refractivity contribution in [3.05, 3.63) is 23.2 Å². The Labute approximate surface area is 152 Å². The third-order valence-electron chi connectivity index (χ3n) is 4.81. The van der Waals surface area contributed by atoms with Crippen LogP contribution in [0, 0.1) is 0 Å². The number of nitrogens with one attached hydrogen (secondary N) is 2. The van der Waals surface area contributed by atoms with Gasteiger partial charge < -0.3 is 20.3 Å². The summed E-state index contributed by atoms with van der Waals surface area (Å²) >= 11 is 6.22. The highest BCUT2D eigenvalue weighted by Crippen LogP contribution is 2.30. The van der Waals surface area contributed by atoms with Crippen LogP contribution in [0.1, 0.15) is 39.0 Å². The van der Waals surface area contributed by atoms with Gasteiger partial charge in [-0.05, 0) is 31.0 Å². The van der Waals surface area contributed by atoms with Crippen LogP contribution in [0.5, 0.6) is 0 Å². The van der Waals surface area contributed by atoms with Crippen LogP contribution in [0.15, 0.2) is 18.2 Å². The molecule has 0 radical (unpaired) electrons. The van der Waals surface area contributed by atoms with Crippen molar-refractivity contribution in [2.24, 2.45) is 0 Å². The Kier molecular flexibility index (Phi) is 5.81. The molecule has 1 saturated heterocycles. The molecule has 2 N–H and O–H groups in total. The zero-order valence-corrected chi connectivity index (χ0v) is 15.1. The lowest BCUT2D eigenvalue weighted by Crippen LogP contribution is -2.56. The molecule has 0 unspecified atom stereocenters. The van der Waals surface area contributed by atoms with E-state index < -0.39 is 0 Å². The van der Waals surface area contributed by atoms with Crippen molar-refractivity contribution >= 4 is 34.9 Å². The van der Waals surface area contributed by atoms with Gasteiger partial charge in [0.05, 0.1) is 29.5 Å². The van der Waals surface area contributed by atoms with Gasteiger partial charge in [-0.25, -0.2) is 4.79 Å². The Morgan fingerprint density at radius 2 is 2.08 bits per heavy atom. The number of nitrogens with zero attached hydrogens (tertiary/aromatic N) is 1. The smallest absolute Gasteiger partial charge is 0.322 e. The summed E-state index contributed by atoms with van der Waals surface area (Å²) in [7, 11) is 0. The number of carbonyl (C=O) groups excluding carboxylic acids is 2. The lowest BCUT2D eigenvalue weighted by molar-refractivity contribution is -0.115. The van der Waals surface area contributed by atoms with Gasteiger partial charge in [0.25, 0.3) is 0 Å². The number of carbonyl (C=O) groups is 2.